The van der Waals surface area contributed by atoms with E-state index in [1.54, 1.807) is 35.7 Å². The Bertz CT molecular complexity index is 980. The highest BCUT2D eigenvalue weighted by Gasteiger charge is 2.58. The molecule has 5 N–H and O–H groups in total. The van der Waals surface area contributed by atoms with Gasteiger partial charge < -0.3 is 30.9 Å². The minimum absolute atomic E-state index is 0.00563. The second-order valence-corrected chi connectivity index (χ2v) is 9.88. The number of carboxylic acid groups (broad SMARTS) is 1. The predicted molar refractivity (Wildman–Crippen MR) is 119 cm³/mol. The molecule has 2 saturated heterocycles. The lowest BCUT2D eigenvalue weighted by Gasteiger charge is -2.47. The molecule has 4 rings (SSSR count). The Morgan fingerprint density at radius 2 is 2.12 bits per heavy atom. The van der Waals surface area contributed by atoms with Gasteiger partial charge in [-0.3, -0.25) is 9.59 Å². The Morgan fingerprint density at radius 1 is 1.38 bits per heavy atom. The lowest BCUT2D eigenvalue weighted by atomic mass is 9.79. The maximum atomic E-state index is 12.7. The van der Waals surface area contributed by atoms with E-state index in [2.05, 4.69) is 10.6 Å². The summed E-state index contributed by atoms with van der Waals surface area (Å²) in [6.45, 7) is 3.97. The molecule has 0 aromatic heterocycles. The molecule has 3 aliphatic rings. The number of aromatic carboxylic acids is 1. The fraction of sp³-hybridized carbons (Fsp3) is 0.500. The van der Waals surface area contributed by atoms with E-state index in [1.807, 2.05) is 6.92 Å². The second kappa shape index (κ2) is 8.86. The zero-order chi connectivity index (χ0) is 23.2. The van der Waals surface area contributed by atoms with E-state index >= 15 is 0 Å². The van der Waals surface area contributed by atoms with Crippen LogP contribution in [-0.4, -0.2) is 74.6 Å². The van der Waals surface area contributed by atoms with Crippen LogP contribution in [0, 0.1) is 11.8 Å². The molecule has 6 atom stereocenters. The molecule has 0 radical (unpaired) electrons. The number of thioether (sulfide) groups is 1. The van der Waals surface area contributed by atoms with Gasteiger partial charge in [-0.05, 0) is 31.5 Å². The van der Waals surface area contributed by atoms with Crippen LogP contribution in [-0.2, 0) is 9.59 Å². The number of nitrogens with one attached hydrogen (secondary N) is 2. The van der Waals surface area contributed by atoms with Crippen LogP contribution in [0.2, 0.25) is 0 Å². The number of hydrogen-bond donors (Lipinski definition) is 5. The smallest absolute Gasteiger partial charge is 0.335 e. The van der Waals surface area contributed by atoms with Crippen molar-refractivity contribution in [2.24, 2.45) is 11.8 Å². The molecule has 2 fully saturated rings. The summed E-state index contributed by atoms with van der Waals surface area (Å²) in [6.07, 6.45) is -0.181. The number of carboxylic acids is 1. The lowest BCUT2D eigenvalue weighted by Crippen LogP contribution is -2.63. The van der Waals surface area contributed by atoms with E-state index in [0.717, 1.165) is 4.91 Å². The summed E-state index contributed by atoms with van der Waals surface area (Å²) in [7, 11) is 0. The summed E-state index contributed by atoms with van der Waals surface area (Å²) in [6, 6.07) is 5.53. The van der Waals surface area contributed by atoms with E-state index in [-0.39, 0.29) is 41.2 Å². The van der Waals surface area contributed by atoms with Crippen LogP contribution in [0.1, 0.15) is 30.6 Å². The molecular formula is C22H27N3O6S. The number of aliphatic hydroxyl groups excluding tert-OH is 2. The van der Waals surface area contributed by atoms with Gasteiger partial charge in [-0.25, -0.2) is 4.79 Å². The molecule has 0 aliphatic carbocycles. The van der Waals surface area contributed by atoms with Crippen molar-refractivity contribution in [1.29, 1.82) is 0 Å². The minimum Gasteiger partial charge on any atom is -0.478 e. The Kier molecular flexibility index (Phi) is 6.30. The van der Waals surface area contributed by atoms with Crippen molar-refractivity contribution in [3.63, 3.8) is 0 Å². The summed E-state index contributed by atoms with van der Waals surface area (Å²) < 4.78 is 0. The minimum atomic E-state index is -1.06. The van der Waals surface area contributed by atoms with Gasteiger partial charge in [0.1, 0.15) is 0 Å². The Morgan fingerprint density at radius 3 is 2.78 bits per heavy atom. The fourth-order valence-corrected chi connectivity index (χ4v) is 6.35. The van der Waals surface area contributed by atoms with E-state index in [1.165, 1.54) is 12.1 Å². The lowest BCUT2D eigenvalue weighted by molar-refractivity contribution is -0.160. The maximum Gasteiger partial charge on any atom is 0.335 e. The van der Waals surface area contributed by atoms with E-state index < -0.39 is 24.0 Å². The number of anilines is 1. The zero-order valence-electron chi connectivity index (χ0n) is 17.8. The standard InChI is InChI=1S/C22H27N3O6S/c1-10-18-17(11(2)27)21(29)25(18)16(9-26)19(10)32-14-7-15(23-8-14)20(28)24-13-5-3-4-12(6-13)22(30)31/h3-6,10-11,14-15,17-18,23,26-27H,7-9H2,1-2H3,(H,24,28)(H,30,31)/t10-,11-,14+,15+,17-,18-/m1/s1. The number of β-lactam (4-membered cyclic amide) rings is 1. The summed E-state index contributed by atoms with van der Waals surface area (Å²) >= 11 is 1.58. The molecule has 1 aromatic carbocycles. The SMILES string of the molecule is C[C@@H](O)[C@H]1C(=O)N2C(CO)=C(S[C@@H]3CN[C@H](C(=O)Nc4cccc(C(=O)O)c4)C3)[C@H](C)[C@H]12. The van der Waals surface area contributed by atoms with Crippen molar-refractivity contribution in [1.82, 2.24) is 10.2 Å². The molecule has 32 heavy (non-hydrogen) atoms. The van der Waals surface area contributed by atoms with Crippen LogP contribution < -0.4 is 10.6 Å². The van der Waals surface area contributed by atoms with Crippen LogP contribution in [0.25, 0.3) is 0 Å². The molecule has 10 heteroatoms. The Hall–Kier alpha value is -2.40. The van der Waals surface area contributed by atoms with Gasteiger partial charge in [-0.1, -0.05) is 13.0 Å². The Labute approximate surface area is 189 Å². The van der Waals surface area contributed by atoms with Crippen LogP contribution >= 0.6 is 11.8 Å². The van der Waals surface area contributed by atoms with Crippen molar-refractivity contribution in [3.8, 4) is 0 Å². The number of hydrogen-bond acceptors (Lipinski definition) is 7. The van der Waals surface area contributed by atoms with Crippen LogP contribution in [0.3, 0.4) is 0 Å². The highest BCUT2D eigenvalue weighted by molar-refractivity contribution is 8.03. The predicted octanol–water partition coefficient (Wildman–Crippen LogP) is 0.848. The van der Waals surface area contributed by atoms with E-state index in [4.69, 9.17) is 5.11 Å². The second-order valence-electron chi connectivity index (χ2n) is 8.53. The first-order chi connectivity index (χ1) is 15.2. The molecular weight excluding hydrogens is 434 g/mol. The van der Waals surface area contributed by atoms with E-state index in [0.29, 0.717) is 24.4 Å². The van der Waals surface area contributed by atoms with Gasteiger partial charge in [0, 0.05) is 28.3 Å². The monoisotopic (exact) mass is 461 g/mol. The van der Waals surface area contributed by atoms with Crippen molar-refractivity contribution < 1.29 is 29.7 Å². The van der Waals surface area contributed by atoms with Gasteiger partial charge in [0.2, 0.25) is 11.8 Å². The largest absolute Gasteiger partial charge is 0.478 e. The van der Waals surface area contributed by atoms with Crippen LogP contribution in [0.15, 0.2) is 34.9 Å². The average Bonchev–Trinajstić information content (AvgIpc) is 3.30. The first-order valence-corrected chi connectivity index (χ1v) is 11.5. The Balaban J connectivity index is 1.40. The van der Waals surface area contributed by atoms with E-state index in [9.17, 15) is 24.6 Å². The van der Waals surface area contributed by atoms with Gasteiger partial charge in [0.25, 0.3) is 0 Å². The number of aliphatic hydroxyl groups is 2. The number of nitrogens with zero attached hydrogens (tertiary/aromatic N) is 1. The number of rotatable bonds is 7. The first-order valence-electron chi connectivity index (χ1n) is 10.6. The summed E-state index contributed by atoms with van der Waals surface area (Å²) in [5, 5.41) is 35.0. The summed E-state index contributed by atoms with van der Waals surface area (Å²) in [5.74, 6) is -1.89. The molecule has 0 bridgehead atoms. The van der Waals surface area contributed by atoms with Crippen molar-refractivity contribution in [3.05, 3.63) is 40.4 Å². The number of benzene rings is 1. The number of amides is 2. The number of carbonyl (C=O) groups excluding carboxylic acids is 2. The van der Waals surface area contributed by atoms with Crippen molar-refractivity contribution >= 4 is 35.2 Å². The highest BCUT2D eigenvalue weighted by Crippen LogP contribution is 2.51. The van der Waals surface area contributed by atoms with Gasteiger partial charge >= 0.3 is 5.97 Å². The number of fused-ring (bicyclic) bond motifs is 1. The van der Waals surface area contributed by atoms with Gasteiger partial charge in [-0.2, -0.15) is 0 Å². The van der Waals surface area contributed by atoms with Crippen LogP contribution in [0.5, 0.6) is 0 Å². The molecule has 172 valence electrons. The highest BCUT2D eigenvalue weighted by atomic mass is 32.2. The summed E-state index contributed by atoms with van der Waals surface area (Å²) in [4.78, 5) is 38.8. The average molecular weight is 462 g/mol. The van der Waals surface area contributed by atoms with Gasteiger partial charge in [0.05, 0.1) is 42.0 Å². The van der Waals surface area contributed by atoms with Crippen molar-refractivity contribution in [2.45, 2.75) is 43.7 Å². The molecule has 1 aromatic rings. The molecule has 9 nitrogen and oxygen atoms in total. The zero-order valence-corrected chi connectivity index (χ0v) is 18.6. The molecule has 2 amide bonds. The fourth-order valence-electron chi connectivity index (χ4n) is 4.87. The third kappa shape index (κ3) is 3.92. The molecule has 0 saturated carbocycles. The maximum absolute atomic E-state index is 12.7. The van der Waals surface area contributed by atoms with Gasteiger partial charge in [-0.15, -0.1) is 11.8 Å². The third-order valence-electron chi connectivity index (χ3n) is 6.44. The molecule has 3 aliphatic heterocycles. The molecule has 0 spiro atoms. The van der Waals surface area contributed by atoms with Crippen LogP contribution in [0.4, 0.5) is 5.69 Å². The number of carbonyl (C=O) groups is 3. The first kappa shape index (κ1) is 22.8. The van der Waals surface area contributed by atoms with Crippen molar-refractivity contribution in [2.75, 3.05) is 18.5 Å². The third-order valence-corrected chi connectivity index (χ3v) is 7.99. The summed E-state index contributed by atoms with van der Waals surface area (Å²) in [5.41, 5.74) is 1.13. The van der Waals surface area contributed by atoms with Gasteiger partial charge in [0.15, 0.2) is 0 Å². The normalized spacial score (nSPS) is 30.2. The quantitative estimate of drug-likeness (QED) is 0.377. The molecule has 0 unspecified atom stereocenters. The molecule has 3 heterocycles. The topological polar surface area (TPSA) is 139 Å².